The van der Waals surface area contributed by atoms with Crippen molar-refractivity contribution in [1.82, 2.24) is 5.32 Å². The molecule has 0 aliphatic rings. The minimum atomic E-state index is 0.0997. The smallest absolute Gasteiger partial charge is 0.219 e. The van der Waals surface area contributed by atoms with Gasteiger partial charge < -0.3 is 10.4 Å². The van der Waals surface area contributed by atoms with Crippen molar-refractivity contribution in [3.63, 3.8) is 0 Å². The van der Waals surface area contributed by atoms with E-state index in [0.29, 0.717) is 24.8 Å². The van der Waals surface area contributed by atoms with Gasteiger partial charge in [-0.25, -0.2) is 0 Å². The lowest BCUT2D eigenvalue weighted by Gasteiger charge is -2.17. The molecule has 0 saturated heterocycles. The first-order valence-electron chi connectivity index (χ1n) is 5.33. The van der Waals surface area contributed by atoms with Crippen LogP contribution < -0.4 is 5.32 Å². The van der Waals surface area contributed by atoms with E-state index in [1.165, 1.54) is 0 Å². The predicted octanol–water partition coefficient (Wildman–Crippen LogP) is 1.70. The van der Waals surface area contributed by atoms with Crippen LogP contribution in [0.5, 0.6) is 0 Å². The fourth-order valence-electron chi connectivity index (χ4n) is 1.17. The highest BCUT2D eigenvalue weighted by molar-refractivity contribution is 5.75. The second-order valence-corrected chi connectivity index (χ2v) is 4.84. The minimum absolute atomic E-state index is 0.0997. The van der Waals surface area contributed by atoms with Gasteiger partial charge >= 0.3 is 0 Å². The van der Waals surface area contributed by atoms with Gasteiger partial charge in [0, 0.05) is 19.6 Å². The number of rotatable bonds is 6. The molecule has 0 atom stereocenters. The molecule has 0 aromatic carbocycles. The molecule has 0 spiro atoms. The third-order valence-electron chi connectivity index (χ3n) is 1.99. The first-order chi connectivity index (χ1) is 6.45. The van der Waals surface area contributed by atoms with E-state index in [9.17, 15) is 4.79 Å². The van der Waals surface area contributed by atoms with Gasteiger partial charge in [-0.3, -0.25) is 4.79 Å². The summed E-state index contributed by atoms with van der Waals surface area (Å²) in [4.78, 5) is 11.2. The van der Waals surface area contributed by atoms with E-state index in [0.717, 1.165) is 12.8 Å². The number of hydrogen-bond acceptors (Lipinski definition) is 2. The largest absolute Gasteiger partial charge is 0.396 e. The highest BCUT2D eigenvalue weighted by Gasteiger charge is 2.10. The standard InChI is InChI=1S/C11H23NO2/c1-11(2,3)7-4-6-10(14)12-8-5-9-13/h13H,4-9H2,1-3H3,(H,12,14). The second kappa shape index (κ2) is 6.82. The van der Waals surface area contributed by atoms with Gasteiger partial charge in [0.05, 0.1) is 0 Å². The second-order valence-electron chi connectivity index (χ2n) is 4.84. The summed E-state index contributed by atoms with van der Waals surface area (Å²) in [6.07, 6.45) is 3.25. The lowest BCUT2D eigenvalue weighted by atomic mass is 9.90. The Labute approximate surface area is 86.9 Å². The Morgan fingerprint density at radius 1 is 1.29 bits per heavy atom. The van der Waals surface area contributed by atoms with E-state index in [4.69, 9.17) is 5.11 Å². The Hall–Kier alpha value is -0.570. The van der Waals surface area contributed by atoms with Gasteiger partial charge in [-0.2, -0.15) is 0 Å². The first kappa shape index (κ1) is 13.4. The van der Waals surface area contributed by atoms with Crippen molar-refractivity contribution >= 4 is 5.91 Å². The van der Waals surface area contributed by atoms with Crippen LogP contribution in [0.1, 0.15) is 46.5 Å². The zero-order valence-electron chi connectivity index (χ0n) is 9.60. The monoisotopic (exact) mass is 201 g/mol. The van der Waals surface area contributed by atoms with E-state index in [1.807, 2.05) is 0 Å². The van der Waals surface area contributed by atoms with Gasteiger partial charge in [-0.05, 0) is 24.7 Å². The highest BCUT2D eigenvalue weighted by atomic mass is 16.3. The van der Waals surface area contributed by atoms with Crippen molar-refractivity contribution < 1.29 is 9.90 Å². The molecule has 0 radical (unpaired) electrons. The van der Waals surface area contributed by atoms with E-state index in [-0.39, 0.29) is 12.5 Å². The Morgan fingerprint density at radius 2 is 1.93 bits per heavy atom. The van der Waals surface area contributed by atoms with Gasteiger partial charge in [0.2, 0.25) is 5.91 Å². The molecule has 84 valence electrons. The number of hydrogen-bond donors (Lipinski definition) is 2. The van der Waals surface area contributed by atoms with Gasteiger partial charge in [0.1, 0.15) is 0 Å². The molecular weight excluding hydrogens is 178 g/mol. The molecule has 0 saturated carbocycles. The van der Waals surface area contributed by atoms with Crippen molar-refractivity contribution in [1.29, 1.82) is 0 Å². The zero-order valence-corrected chi connectivity index (χ0v) is 9.60. The third-order valence-corrected chi connectivity index (χ3v) is 1.99. The van der Waals surface area contributed by atoms with Crippen LogP contribution in [0.2, 0.25) is 0 Å². The summed E-state index contributed by atoms with van der Waals surface area (Å²) >= 11 is 0. The van der Waals surface area contributed by atoms with Crippen LogP contribution in [-0.4, -0.2) is 24.2 Å². The van der Waals surface area contributed by atoms with Crippen LogP contribution in [0.25, 0.3) is 0 Å². The number of carbonyl (C=O) groups is 1. The molecule has 3 nitrogen and oxygen atoms in total. The molecule has 0 rings (SSSR count). The summed E-state index contributed by atoms with van der Waals surface area (Å²) in [6.45, 7) is 7.26. The van der Waals surface area contributed by atoms with Crippen LogP contribution in [0.15, 0.2) is 0 Å². The van der Waals surface area contributed by atoms with E-state index in [1.54, 1.807) is 0 Å². The van der Waals surface area contributed by atoms with Gasteiger partial charge in [0.25, 0.3) is 0 Å². The highest BCUT2D eigenvalue weighted by Crippen LogP contribution is 2.21. The molecule has 0 heterocycles. The SMILES string of the molecule is CC(C)(C)CCCC(=O)NCCCO. The number of aliphatic hydroxyl groups excluding tert-OH is 1. The Bertz CT molecular complexity index is 161. The van der Waals surface area contributed by atoms with Crippen LogP contribution in [-0.2, 0) is 4.79 Å². The fraction of sp³-hybridized carbons (Fsp3) is 0.909. The molecule has 0 aromatic heterocycles. The van der Waals surface area contributed by atoms with E-state index < -0.39 is 0 Å². The van der Waals surface area contributed by atoms with Crippen LogP contribution in [0, 0.1) is 5.41 Å². The van der Waals surface area contributed by atoms with Crippen LogP contribution in [0.4, 0.5) is 0 Å². The summed E-state index contributed by atoms with van der Waals surface area (Å²) in [5.41, 5.74) is 0.311. The quantitative estimate of drug-likeness (QED) is 0.643. The van der Waals surface area contributed by atoms with Crippen molar-refractivity contribution in [3.05, 3.63) is 0 Å². The lowest BCUT2D eigenvalue weighted by Crippen LogP contribution is -2.24. The maximum atomic E-state index is 11.2. The van der Waals surface area contributed by atoms with Gasteiger partial charge in [-0.1, -0.05) is 20.8 Å². The summed E-state index contributed by atoms with van der Waals surface area (Å²) in [6, 6.07) is 0. The van der Waals surface area contributed by atoms with Gasteiger partial charge in [-0.15, -0.1) is 0 Å². The third kappa shape index (κ3) is 9.52. The van der Waals surface area contributed by atoms with Crippen molar-refractivity contribution in [3.8, 4) is 0 Å². The minimum Gasteiger partial charge on any atom is -0.396 e. The maximum absolute atomic E-state index is 11.2. The number of aliphatic hydroxyl groups is 1. The average Bonchev–Trinajstić information content (AvgIpc) is 2.02. The predicted molar refractivity (Wildman–Crippen MR) is 58.0 cm³/mol. The Morgan fingerprint density at radius 3 is 2.43 bits per heavy atom. The number of amides is 1. The molecule has 0 aliphatic carbocycles. The van der Waals surface area contributed by atoms with Gasteiger partial charge in [0.15, 0.2) is 0 Å². The van der Waals surface area contributed by atoms with Crippen molar-refractivity contribution in [2.75, 3.05) is 13.2 Å². The fourth-order valence-corrected chi connectivity index (χ4v) is 1.17. The molecule has 0 aliphatic heterocycles. The first-order valence-corrected chi connectivity index (χ1v) is 5.33. The van der Waals surface area contributed by atoms with E-state index in [2.05, 4.69) is 26.1 Å². The average molecular weight is 201 g/mol. The molecule has 0 aromatic rings. The molecule has 3 heteroatoms. The Kier molecular flexibility index (Phi) is 6.54. The number of nitrogens with one attached hydrogen (secondary N) is 1. The van der Waals surface area contributed by atoms with Crippen LogP contribution in [0.3, 0.4) is 0 Å². The number of carbonyl (C=O) groups excluding carboxylic acids is 1. The molecule has 2 N–H and O–H groups in total. The normalized spacial score (nSPS) is 11.4. The summed E-state index contributed by atoms with van der Waals surface area (Å²) in [5, 5.41) is 11.3. The zero-order chi connectivity index (χ0) is 11.0. The molecular formula is C11H23NO2. The summed E-state index contributed by atoms with van der Waals surface area (Å²) < 4.78 is 0. The molecule has 1 amide bonds. The molecule has 14 heavy (non-hydrogen) atoms. The van der Waals surface area contributed by atoms with E-state index >= 15 is 0 Å². The lowest BCUT2D eigenvalue weighted by molar-refractivity contribution is -0.121. The maximum Gasteiger partial charge on any atom is 0.219 e. The Balaban J connectivity index is 3.36. The van der Waals surface area contributed by atoms with Crippen molar-refractivity contribution in [2.45, 2.75) is 46.5 Å². The van der Waals surface area contributed by atoms with Crippen molar-refractivity contribution in [2.24, 2.45) is 5.41 Å². The summed E-state index contributed by atoms with van der Waals surface area (Å²) in [7, 11) is 0. The topological polar surface area (TPSA) is 49.3 Å². The summed E-state index contributed by atoms with van der Waals surface area (Å²) in [5.74, 6) is 0.0997. The molecule has 0 unspecified atom stereocenters. The van der Waals surface area contributed by atoms with Crippen LogP contribution >= 0.6 is 0 Å². The molecule has 0 fully saturated rings. The molecule has 0 bridgehead atoms.